The van der Waals surface area contributed by atoms with E-state index in [-0.39, 0.29) is 71.6 Å². The topological polar surface area (TPSA) is 343 Å². The number of esters is 1. The monoisotopic (exact) mass is 1200 g/mol. The second-order valence-electron chi connectivity index (χ2n) is 20.9. The lowest BCUT2D eigenvalue weighted by atomic mass is 9.77. The zero-order valence-electron chi connectivity index (χ0n) is 47.2. The molecule has 6 aromatic carbocycles. The molecule has 0 saturated heterocycles. The summed E-state index contributed by atoms with van der Waals surface area (Å²) >= 11 is 5.50. The molecule has 0 bridgehead atoms. The highest BCUT2D eigenvalue weighted by atomic mass is 32.1. The molecule has 88 heavy (non-hydrogen) atoms. The number of fused-ring (bicyclic) bond motifs is 8. The Labute approximate surface area is 507 Å². The molecule has 2 aromatic heterocycles. The Balaban J connectivity index is 0.692. The van der Waals surface area contributed by atoms with E-state index in [0.717, 1.165) is 16.8 Å². The molecular weight excluding hydrogens is 1150 g/mol. The Morgan fingerprint density at radius 3 is 1.97 bits per heavy atom. The number of rotatable bonds is 20. The molecule has 0 fully saturated rings. The van der Waals surface area contributed by atoms with Gasteiger partial charge in [0.15, 0.2) is 10.7 Å². The fourth-order valence-corrected chi connectivity index (χ4v) is 10.4. The summed E-state index contributed by atoms with van der Waals surface area (Å²) in [6.45, 7) is 3.61. The average Bonchev–Trinajstić information content (AvgIpc) is 1.57. The summed E-state index contributed by atoms with van der Waals surface area (Å²) in [7, 11) is 0. The van der Waals surface area contributed by atoms with Crippen molar-refractivity contribution >= 4 is 86.6 Å². The number of aromatic nitrogens is 4. The Morgan fingerprint density at radius 2 is 1.26 bits per heavy atom. The number of aromatic hydroxyl groups is 2. The third-order valence-corrected chi connectivity index (χ3v) is 15.0. The number of carboxylic acids is 2. The zero-order valence-corrected chi connectivity index (χ0v) is 48.0. The number of aryl methyl sites for hydroxylation is 2. The number of nitrogens with zero attached hydrogens (tertiary/aromatic N) is 4. The molecule has 23 nitrogen and oxygen atoms in total. The molecule has 0 unspecified atom stereocenters. The van der Waals surface area contributed by atoms with Gasteiger partial charge in [0.1, 0.15) is 41.1 Å². The van der Waals surface area contributed by atoms with E-state index < -0.39 is 78.1 Å². The van der Waals surface area contributed by atoms with Crippen molar-refractivity contribution in [2.45, 2.75) is 76.1 Å². The van der Waals surface area contributed by atoms with Crippen LogP contribution in [0.3, 0.4) is 0 Å². The molecule has 10 rings (SSSR count). The molecule has 446 valence electrons. The third-order valence-electron chi connectivity index (χ3n) is 14.7. The van der Waals surface area contributed by atoms with Gasteiger partial charge >= 0.3 is 17.9 Å². The summed E-state index contributed by atoms with van der Waals surface area (Å²) < 4.78 is 12.1. The van der Waals surface area contributed by atoms with E-state index in [1.165, 1.54) is 24.3 Å². The van der Waals surface area contributed by atoms with E-state index in [2.05, 4.69) is 63.7 Å². The highest BCUT2D eigenvalue weighted by molar-refractivity contribution is 7.80. The summed E-state index contributed by atoms with van der Waals surface area (Å²) in [5.41, 5.74) is 6.91. The quantitative estimate of drug-likeness (QED) is 0.0178. The number of benzene rings is 6. The van der Waals surface area contributed by atoms with Gasteiger partial charge in [0, 0.05) is 89.5 Å². The summed E-state index contributed by atoms with van der Waals surface area (Å²) in [6.07, 6.45) is 2.63. The highest BCUT2D eigenvalue weighted by Crippen LogP contribution is 2.57. The van der Waals surface area contributed by atoms with E-state index >= 15 is 0 Å². The van der Waals surface area contributed by atoms with Crippen molar-refractivity contribution in [2.75, 3.05) is 18.4 Å². The van der Waals surface area contributed by atoms with Crippen molar-refractivity contribution in [1.29, 1.82) is 0 Å². The molecule has 0 radical (unpaired) electrons. The highest BCUT2D eigenvalue weighted by Gasteiger charge is 2.54. The lowest BCUT2D eigenvalue weighted by Gasteiger charge is -2.36. The maximum atomic E-state index is 13.9. The minimum absolute atomic E-state index is 0.0243. The number of hydrogen-bond acceptors (Lipinski definition) is 16. The Morgan fingerprint density at radius 1 is 0.625 bits per heavy atom. The van der Waals surface area contributed by atoms with Crippen LogP contribution in [-0.2, 0) is 40.7 Å². The predicted octanol–water partition coefficient (Wildman–Crippen LogP) is 6.10. The number of carbonyl (C=O) groups is 7. The summed E-state index contributed by atoms with van der Waals surface area (Å²) in [6, 6.07) is 27.0. The van der Waals surface area contributed by atoms with E-state index in [4.69, 9.17) is 21.7 Å². The maximum absolute atomic E-state index is 13.9. The van der Waals surface area contributed by atoms with Gasteiger partial charge in [-0.2, -0.15) is 0 Å². The Bertz CT molecular complexity index is 4160. The molecule has 2 aliphatic heterocycles. The van der Waals surface area contributed by atoms with Gasteiger partial charge < -0.3 is 61.8 Å². The molecule has 1 spiro atoms. The van der Waals surface area contributed by atoms with Crippen LogP contribution in [0.5, 0.6) is 23.0 Å². The molecule has 0 aliphatic carbocycles. The van der Waals surface area contributed by atoms with Crippen LogP contribution < -0.4 is 36.6 Å². The molecule has 4 heterocycles. The van der Waals surface area contributed by atoms with E-state index in [0.29, 0.717) is 62.2 Å². The van der Waals surface area contributed by atoms with Gasteiger partial charge in [-0.25, -0.2) is 24.4 Å². The molecule has 8 aromatic rings. The van der Waals surface area contributed by atoms with Gasteiger partial charge in [-0.3, -0.25) is 29.1 Å². The lowest BCUT2D eigenvalue weighted by molar-refractivity contribution is -0.144. The molecule has 2 aliphatic rings. The van der Waals surface area contributed by atoms with Gasteiger partial charge in [0.05, 0.1) is 45.4 Å². The summed E-state index contributed by atoms with van der Waals surface area (Å²) in [5.74, 6) is -0.0266. The van der Waals surface area contributed by atoms with E-state index in [9.17, 15) is 54.0 Å². The van der Waals surface area contributed by atoms with Crippen LogP contribution in [0.4, 0.5) is 5.69 Å². The molecule has 24 heteroatoms. The van der Waals surface area contributed by atoms with Crippen LogP contribution in [0, 0.1) is 25.7 Å². The number of anilines is 1. The smallest absolute Gasteiger partial charge is 0.340 e. The van der Waals surface area contributed by atoms with Crippen molar-refractivity contribution in [3.05, 3.63) is 184 Å². The number of phenolic OH excluding ortho intramolecular Hbond substituents is 2. The van der Waals surface area contributed by atoms with Crippen LogP contribution in [0.15, 0.2) is 128 Å². The lowest BCUT2D eigenvalue weighted by Crippen LogP contribution is -2.49. The number of carbonyl (C=O) groups excluding carboxylic acids is 5. The normalized spacial score (nSPS) is 13.4. The molecular formula is C64H56N10O13S. The predicted molar refractivity (Wildman–Crippen MR) is 323 cm³/mol. The van der Waals surface area contributed by atoms with Crippen LogP contribution >= 0.6 is 12.2 Å². The van der Waals surface area contributed by atoms with Crippen molar-refractivity contribution < 1.29 is 63.5 Å². The van der Waals surface area contributed by atoms with Crippen molar-refractivity contribution in [1.82, 2.24) is 46.5 Å². The number of amides is 4. The van der Waals surface area contributed by atoms with Crippen molar-refractivity contribution in [3.63, 3.8) is 0 Å². The second kappa shape index (κ2) is 26.1. The number of aliphatic carboxylic acids is 2. The summed E-state index contributed by atoms with van der Waals surface area (Å²) in [4.78, 5) is 110. The van der Waals surface area contributed by atoms with Crippen LogP contribution in [-0.4, -0.2) is 118 Å². The molecule has 4 amide bonds. The molecule has 0 saturated carbocycles. The first kappa shape index (κ1) is 60.1. The van der Waals surface area contributed by atoms with Crippen molar-refractivity contribution in [3.8, 4) is 34.8 Å². The van der Waals surface area contributed by atoms with Gasteiger partial charge in [0.25, 0.3) is 5.91 Å². The fourth-order valence-electron chi connectivity index (χ4n) is 10.2. The maximum Gasteiger partial charge on any atom is 0.340 e. The first-order chi connectivity index (χ1) is 42.3. The van der Waals surface area contributed by atoms with Gasteiger partial charge in [-0.05, 0) is 136 Å². The van der Waals surface area contributed by atoms with Crippen LogP contribution in [0.1, 0.15) is 97.6 Å². The number of hydrogen-bond donors (Lipinski definition) is 10. The van der Waals surface area contributed by atoms with E-state index in [1.54, 1.807) is 92.1 Å². The van der Waals surface area contributed by atoms with E-state index in [1.807, 2.05) is 25.1 Å². The number of phenols is 2. The standard InChI is InChI=1S/C64H56N10O13S/c1-34-35(2)70-51-29-39(13-21-48(51)69-34)58(79)74-52(28-37-9-6-36(7-10-37)8-11-38-12-20-47-50(27-38)66-26-25-65-47)59(80)67-24-22-56(77)73-53(61(83)84)33-57(78)72-49(60(81)82)5-3-4-23-68-63(88)71-40-14-17-44-43(30-40)62(85)87-64(44)45-18-15-41(75)31-54(45)86-55-32-42(76)16-19-46(55)64/h6-7,9-10,12-21,25-27,29-32,49,52-53,75-76H,3-5,22-24,28,33H2,1-2H3,(H,67,80)(H,72,78)(H,73,77)(H,74,79)(H,81,82)(H,83,84)(H2,68,71,88)/t49-,52+,53-/m1/s1. The number of unbranched alkanes of at least 4 members (excludes halogenated alkanes) is 1. The third kappa shape index (κ3) is 13.7. The van der Waals surface area contributed by atoms with Crippen LogP contribution in [0.25, 0.3) is 22.1 Å². The van der Waals surface area contributed by atoms with Crippen LogP contribution in [0.2, 0.25) is 0 Å². The van der Waals surface area contributed by atoms with Gasteiger partial charge in [0.2, 0.25) is 17.7 Å². The number of ether oxygens (including phenoxy) is 2. The minimum atomic E-state index is -1.75. The second-order valence-corrected chi connectivity index (χ2v) is 21.3. The van der Waals surface area contributed by atoms with Gasteiger partial charge in [-0.1, -0.05) is 30.0 Å². The summed E-state index contributed by atoms with van der Waals surface area (Å²) in [5, 5.41) is 56.6. The molecule has 3 atom stereocenters. The Kier molecular flexibility index (Phi) is 17.8. The number of nitrogens with one attached hydrogen (secondary N) is 6. The first-order valence-corrected chi connectivity index (χ1v) is 28.2. The average molecular weight is 1210 g/mol. The largest absolute Gasteiger partial charge is 0.508 e. The first-order valence-electron chi connectivity index (χ1n) is 27.8. The zero-order chi connectivity index (χ0) is 62.2. The SMILES string of the molecule is Cc1nc2ccc(C(=O)N[C@@H](Cc3ccc(C#Cc4ccc5nccnc5c4)cc3)C(=O)NCCC(=O)N[C@H](CC(=O)N[C@H](CCCCNC(=S)Nc3ccc4c(c3)C(=O)OC43c4ccc(O)cc4Oc4cc(O)ccc43)C(=O)O)C(=O)O)cc2nc1C. The minimum Gasteiger partial charge on any atom is -0.508 e. The Hall–Kier alpha value is -11.1. The van der Waals surface area contributed by atoms with Crippen molar-refractivity contribution in [2.24, 2.45) is 0 Å². The number of thiocarbonyl (C=S) groups is 1. The fraction of sp³-hybridized carbons (Fsp3) is 0.219. The van der Waals surface area contributed by atoms with Gasteiger partial charge in [-0.15, -0.1) is 0 Å². The number of carboxylic acid groups (broad SMARTS) is 2. The molecule has 10 N–H and O–H groups in total.